The van der Waals surface area contributed by atoms with Crippen molar-refractivity contribution in [1.29, 1.82) is 0 Å². The number of carbonyl (C=O) groups is 1. The second kappa shape index (κ2) is 3.73. The molecule has 0 N–H and O–H groups in total. The smallest absolute Gasteiger partial charge is 0.223 e. The van der Waals surface area contributed by atoms with Crippen LogP contribution in [0.25, 0.3) is 0 Å². The zero-order valence-corrected chi connectivity index (χ0v) is 19.9. The Hall–Kier alpha value is -1.33. The van der Waals surface area contributed by atoms with Gasteiger partial charge in [0.2, 0.25) is 6.17 Å². The molecule has 8 aliphatic carbocycles. The highest BCUT2D eigenvalue weighted by Gasteiger charge is 3.02. The first-order chi connectivity index (χ1) is 17.3. The third-order valence-corrected chi connectivity index (χ3v) is 18.5. The number of quaternary nitrogens is 2. The van der Waals surface area contributed by atoms with Gasteiger partial charge in [0.05, 0.1) is 5.92 Å². The van der Waals surface area contributed by atoms with Gasteiger partial charge in [-0.3, -0.25) is 4.79 Å². The van der Waals surface area contributed by atoms with Crippen molar-refractivity contribution in [1.82, 2.24) is 9.80 Å². The highest BCUT2D eigenvalue weighted by atomic mass is 16.1. The van der Waals surface area contributed by atoms with Crippen LogP contribution in [0, 0.1) is 94.7 Å². The van der Waals surface area contributed by atoms with Crippen LogP contribution >= 0.6 is 0 Å². The molecular weight excluding hydrogens is 432 g/mol. The lowest BCUT2D eigenvalue weighted by molar-refractivity contribution is -1.14. The topological polar surface area (TPSA) is 23.6 Å². The van der Waals surface area contributed by atoms with Crippen LogP contribution in [-0.4, -0.2) is 73.6 Å². The lowest BCUT2D eigenvalue weighted by Crippen LogP contribution is -2.99. The van der Waals surface area contributed by atoms with E-state index in [1.807, 2.05) is 0 Å². The number of hydrogen-bond acceptors (Lipinski definition) is 3. The second-order valence-electron chi connectivity index (χ2n) is 16.6. The molecule has 8 heterocycles. The summed E-state index contributed by atoms with van der Waals surface area (Å²) >= 11 is 0. The first-order valence-electron chi connectivity index (χ1n) is 15.4. The average Bonchev–Trinajstić information content (AvgIpc) is 3.35. The number of aldehydes is 1. The van der Waals surface area contributed by atoms with E-state index in [4.69, 9.17) is 0 Å². The Balaban J connectivity index is 1.17. The number of hydrogen-bond donors (Lipinski definition) is 0. The van der Waals surface area contributed by atoms with Crippen LogP contribution in [0.4, 0.5) is 0 Å². The van der Waals surface area contributed by atoms with Crippen molar-refractivity contribution in [2.75, 3.05) is 0 Å². The highest BCUT2D eigenvalue weighted by Crippen LogP contribution is 2.95. The largest absolute Gasteiger partial charge is 0.347 e. The van der Waals surface area contributed by atoms with Gasteiger partial charge in [-0.2, -0.15) is 0 Å². The standard InChI is InChI=1S/C30H32N4O/c1-7-33-4-5-34(7)29-22-16-12-10-9-11-13-17-19-15(9)18(16)25(19)31-2-3-32(8(31)6-35)26(29)30(34)23(17)21(13)28(33)24(14(10)11)27(33)20(12)22/h2-30H,1H3/q+2/t7?,8?,9?,10-,11?,12-,13?,14?,15?,16-,17?,18?,19?,20-,21?,22?,23?,24?,25?,26?,27+,28?,29-,30?,33?,34?/m1/s1. The van der Waals surface area contributed by atoms with Gasteiger partial charge >= 0.3 is 0 Å². The normalized spacial score (nSPS) is 89.3. The summed E-state index contributed by atoms with van der Waals surface area (Å²) in [6, 6.07) is 4.84. The molecule has 0 amide bonds. The van der Waals surface area contributed by atoms with Crippen molar-refractivity contribution < 1.29 is 13.8 Å². The molecule has 5 heteroatoms. The van der Waals surface area contributed by atoms with E-state index in [0.717, 1.165) is 125 Å². The van der Waals surface area contributed by atoms with E-state index in [-0.39, 0.29) is 6.17 Å². The van der Waals surface area contributed by atoms with Crippen LogP contribution in [0.2, 0.25) is 0 Å². The van der Waals surface area contributed by atoms with Gasteiger partial charge in [-0.1, -0.05) is 0 Å². The minimum absolute atomic E-state index is 0.000242. The van der Waals surface area contributed by atoms with Crippen LogP contribution in [0.15, 0.2) is 24.8 Å². The molecule has 26 atom stereocenters. The molecule has 0 radical (unpaired) electrons. The van der Waals surface area contributed by atoms with Crippen LogP contribution < -0.4 is 0 Å². The molecule has 8 aliphatic heterocycles. The molecular formula is C30H32N4O+2. The summed E-state index contributed by atoms with van der Waals surface area (Å²) in [5.41, 5.74) is 0. The Bertz CT molecular complexity index is 1320. The van der Waals surface area contributed by atoms with Gasteiger partial charge in [0.1, 0.15) is 30.2 Å². The van der Waals surface area contributed by atoms with Gasteiger partial charge in [-0.05, 0) is 65.1 Å². The SMILES string of the molecule is CC1[N+]23C=C[N+]14C1C5C6C7C8C9C%10C6C6C1[C@@H]4[C@H]1C4[C@@H](C9C8N8C=CN(C(C2C75)[C@@H]43)C8C=O)[C@H]1[C@@H]%106. The number of nitrogens with zero attached hydrogens (tertiary/aromatic N) is 4. The maximum Gasteiger partial charge on any atom is 0.223 e. The van der Waals surface area contributed by atoms with Gasteiger partial charge in [-0.15, -0.1) is 0 Å². The van der Waals surface area contributed by atoms with Crippen LogP contribution in [0.5, 0.6) is 0 Å². The Morgan fingerprint density at radius 3 is 1.57 bits per heavy atom. The van der Waals surface area contributed by atoms with Crippen molar-refractivity contribution in [3.05, 3.63) is 24.8 Å². The molecule has 20 unspecified atom stereocenters. The fourth-order valence-corrected chi connectivity index (χ4v) is 19.4. The monoisotopic (exact) mass is 464 g/mol. The van der Waals surface area contributed by atoms with Gasteiger partial charge in [-0.25, -0.2) is 8.97 Å². The van der Waals surface area contributed by atoms with Gasteiger partial charge in [0.25, 0.3) is 0 Å². The summed E-state index contributed by atoms with van der Waals surface area (Å²) in [6.07, 6.45) is 12.7. The lowest BCUT2D eigenvalue weighted by atomic mass is 9.12. The van der Waals surface area contributed by atoms with Crippen molar-refractivity contribution in [2.45, 2.75) is 55.5 Å². The molecule has 0 aromatic carbocycles. The van der Waals surface area contributed by atoms with E-state index in [2.05, 4.69) is 41.5 Å². The maximum absolute atomic E-state index is 12.9. The third kappa shape index (κ3) is 0.901. The third-order valence-electron chi connectivity index (χ3n) is 18.5. The molecule has 16 rings (SSSR count). The van der Waals surface area contributed by atoms with E-state index < -0.39 is 0 Å². The molecule has 14 fully saturated rings. The van der Waals surface area contributed by atoms with Crippen LogP contribution in [0.1, 0.15) is 6.92 Å². The summed E-state index contributed by atoms with van der Waals surface area (Å²) in [5, 5.41) is 0. The second-order valence-corrected chi connectivity index (χ2v) is 16.6. The fourth-order valence-electron chi connectivity index (χ4n) is 19.4. The predicted octanol–water partition coefficient (Wildman–Crippen LogP) is 1.31. The highest BCUT2D eigenvalue weighted by molar-refractivity contribution is 5.60. The molecule has 0 aromatic heterocycles. The lowest BCUT2D eigenvalue weighted by Gasteiger charge is -2.93. The molecule has 2 spiro atoms. The number of rotatable bonds is 1. The van der Waals surface area contributed by atoms with E-state index in [0.29, 0.717) is 12.1 Å². The van der Waals surface area contributed by atoms with Gasteiger partial charge in [0, 0.05) is 49.0 Å². The molecule has 8 saturated carbocycles. The van der Waals surface area contributed by atoms with Crippen molar-refractivity contribution in [3.8, 4) is 0 Å². The van der Waals surface area contributed by atoms with E-state index >= 15 is 0 Å². The van der Waals surface area contributed by atoms with E-state index in [9.17, 15) is 4.79 Å². The summed E-state index contributed by atoms with van der Waals surface area (Å²) < 4.78 is 2.83. The Morgan fingerprint density at radius 1 is 0.543 bits per heavy atom. The summed E-state index contributed by atoms with van der Waals surface area (Å²) in [5.74, 6) is 16.7. The first kappa shape index (κ1) is 15.8. The predicted molar refractivity (Wildman–Crippen MR) is 120 cm³/mol. The summed E-state index contributed by atoms with van der Waals surface area (Å²) in [7, 11) is 0. The molecule has 6 bridgehead atoms. The minimum Gasteiger partial charge on any atom is -0.347 e. The quantitative estimate of drug-likeness (QED) is 0.432. The first-order valence-corrected chi connectivity index (χ1v) is 15.4. The van der Waals surface area contributed by atoms with E-state index in [1.165, 1.54) is 15.3 Å². The fraction of sp³-hybridized carbons (Fsp3) is 0.833. The Labute approximate surface area is 204 Å². The Morgan fingerprint density at radius 2 is 0.971 bits per heavy atom. The molecule has 0 aromatic rings. The molecule has 176 valence electrons. The zero-order valence-electron chi connectivity index (χ0n) is 19.9. The van der Waals surface area contributed by atoms with Crippen molar-refractivity contribution >= 4 is 6.29 Å². The number of carbonyl (C=O) groups excluding carboxylic acids is 1. The summed E-state index contributed by atoms with van der Waals surface area (Å²) in [6.45, 7) is 2.73. The Kier molecular flexibility index (Phi) is 1.69. The summed E-state index contributed by atoms with van der Waals surface area (Å²) in [4.78, 5) is 18.2. The zero-order chi connectivity index (χ0) is 21.5. The van der Waals surface area contributed by atoms with Crippen LogP contribution in [0.3, 0.4) is 0 Å². The van der Waals surface area contributed by atoms with Gasteiger partial charge in [0.15, 0.2) is 24.9 Å². The average molecular weight is 465 g/mol. The van der Waals surface area contributed by atoms with E-state index in [1.54, 1.807) is 0 Å². The minimum atomic E-state index is -0.000242. The molecule has 16 aliphatic rings. The molecule has 5 nitrogen and oxygen atoms in total. The molecule has 6 saturated heterocycles. The van der Waals surface area contributed by atoms with Crippen molar-refractivity contribution in [2.24, 2.45) is 94.7 Å². The van der Waals surface area contributed by atoms with Crippen molar-refractivity contribution in [3.63, 3.8) is 0 Å². The maximum atomic E-state index is 12.9. The molecule has 35 heavy (non-hydrogen) atoms. The van der Waals surface area contributed by atoms with Crippen LogP contribution in [-0.2, 0) is 4.79 Å². The van der Waals surface area contributed by atoms with Gasteiger partial charge < -0.3 is 9.80 Å².